The number of nitrogens with zero attached hydrogens (tertiary/aromatic N) is 2. The van der Waals surface area contributed by atoms with Gasteiger partial charge in [0.1, 0.15) is 5.82 Å². The summed E-state index contributed by atoms with van der Waals surface area (Å²) in [5.41, 5.74) is 2.23. The van der Waals surface area contributed by atoms with Gasteiger partial charge in [-0.1, -0.05) is 25.0 Å². The van der Waals surface area contributed by atoms with E-state index in [9.17, 15) is 0 Å². The molecular weight excluding hydrogens is 272 g/mol. The van der Waals surface area contributed by atoms with E-state index in [1.54, 1.807) is 0 Å². The van der Waals surface area contributed by atoms with Crippen LogP contribution < -0.4 is 0 Å². The van der Waals surface area contributed by atoms with Gasteiger partial charge in [0.2, 0.25) is 0 Å². The van der Waals surface area contributed by atoms with Crippen molar-refractivity contribution >= 4 is 22.6 Å². The second kappa shape index (κ2) is 6.59. The van der Waals surface area contributed by atoms with Crippen LogP contribution in [0, 0.1) is 0 Å². The maximum atomic E-state index is 5.98. The van der Waals surface area contributed by atoms with Crippen LogP contribution in [-0.2, 0) is 17.7 Å². The minimum Gasteiger partial charge on any atom is -0.376 e. The number of hydrogen-bond donors (Lipinski definition) is 0. The number of benzene rings is 1. The topological polar surface area (TPSA) is 27.1 Å². The first kappa shape index (κ1) is 13.9. The molecule has 20 heavy (non-hydrogen) atoms. The third kappa shape index (κ3) is 2.99. The first-order valence-corrected chi connectivity index (χ1v) is 8.03. The molecule has 0 atom stereocenters. The van der Waals surface area contributed by atoms with E-state index in [-0.39, 0.29) is 0 Å². The molecule has 1 aliphatic rings. The summed E-state index contributed by atoms with van der Waals surface area (Å²) >= 11 is 5.89. The summed E-state index contributed by atoms with van der Waals surface area (Å²) < 4.78 is 8.23. The fourth-order valence-electron chi connectivity index (χ4n) is 3.02. The number of imidazole rings is 1. The van der Waals surface area contributed by atoms with E-state index in [4.69, 9.17) is 16.3 Å². The van der Waals surface area contributed by atoms with E-state index >= 15 is 0 Å². The molecule has 108 valence electrons. The molecular formula is C16H21ClN2O. The highest BCUT2D eigenvalue weighted by Gasteiger charge is 2.16. The minimum atomic E-state index is 0.473. The monoisotopic (exact) mass is 292 g/mol. The molecule has 0 radical (unpaired) electrons. The Bertz CT molecular complexity index is 561. The van der Waals surface area contributed by atoms with Crippen molar-refractivity contribution in [1.29, 1.82) is 0 Å². The van der Waals surface area contributed by atoms with Crippen molar-refractivity contribution in [2.75, 3.05) is 12.5 Å². The van der Waals surface area contributed by atoms with Gasteiger partial charge in [0.15, 0.2) is 0 Å². The van der Waals surface area contributed by atoms with Crippen LogP contribution in [0.3, 0.4) is 0 Å². The molecule has 3 nitrogen and oxygen atoms in total. The molecule has 4 heteroatoms. The normalized spacial score (nSPS) is 16.2. The van der Waals surface area contributed by atoms with Gasteiger partial charge in [-0.05, 0) is 25.0 Å². The quantitative estimate of drug-likeness (QED) is 0.758. The summed E-state index contributed by atoms with van der Waals surface area (Å²) in [6.07, 6.45) is 6.35. The van der Waals surface area contributed by atoms with Gasteiger partial charge in [-0.25, -0.2) is 4.98 Å². The van der Waals surface area contributed by atoms with Crippen molar-refractivity contribution < 1.29 is 4.74 Å². The smallest absolute Gasteiger partial charge is 0.111 e. The van der Waals surface area contributed by atoms with Crippen LogP contribution in [0.15, 0.2) is 24.3 Å². The molecule has 0 aliphatic heterocycles. The van der Waals surface area contributed by atoms with Crippen LogP contribution in [0.2, 0.25) is 0 Å². The molecule has 0 N–H and O–H groups in total. The molecule has 1 aromatic heterocycles. The van der Waals surface area contributed by atoms with Crippen LogP contribution in [-0.4, -0.2) is 28.1 Å². The maximum absolute atomic E-state index is 5.98. The molecule has 1 aliphatic carbocycles. The zero-order valence-corrected chi connectivity index (χ0v) is 12.5. The Morgan fingerprint density at radius 2 is 2.05 bits per heavy atom. The fourth-order valence-corrected chi connectivity index (χ4v) is 3.18. The highest BCUT2D eigenvalue weighted by Crippen LogP contribution is 2.21. The molecule has 1 aromatic carbocycles. The van der Waals surface area contributed by atoms with Crippen molar-refractivity contribution in [3.05, 3.63) is 30.1 Å². The number of aryl methyl sites for hydroxylation is 1. The summed E-state index contributed by atoms with van der Waals surface area (Å²) in [6, 6.07) is 8.26. The van der Waals surface area contributed by atoms with Crippen molar-refractivity contribution in [2.24, 2.45) is 0 Å². The van der Waals surface area contributed by atoms with Gasteiger partial charge in [-0.15, -0.1) is 11.6 Å². The average Bonchev–Trinajstić information content (AvgIpc) is 3.08. The summed E-state index contributed by atoms with van der Waals surface area (Å²) in [4.78, 5) is 4.68. The molecule has 1 heterocycles. The van der Waals surface area contributed by atoms with Crippen LogP contribution in [0.5, 0.6) is 0 Å². The largest absolute Gasteiger partial charge is 0.376 e. The van der Waals surface area contributed by atoms with Crippen molar-refractivity contribution in [2.45, 2.75) is 44.8 Å². The van der Waals surface area contributed by atoms with E-state index in [2.05, 4.69) is 27.8 Å². The zero-order chi connectivity index (χ0) is 13.8. The first-order chi connectivity index (χ1) is 9.88. The van der Waals surface area contributed by atoms with Gasteiger partial charge >= 0.3 is 0 Å². The molecule has 0 unspecified atom stereocenters. The van der Waals surface area contributed by atoms with Crippen LogP contribution in [0.4, 0.5) is 0 Å². The minimum absolute atomic E-state index is 0.473. The number of para-hydroxylation sites is 2. The highest BCUT2D eigenvalue weighted by atomic mass is 35.5. The number of fused-ring (bicyclic) bond motifs is 1. The molecule has 0 bridgehead atoms. The standard InChI is InChI=1S/C16H21ClN2O/c17-10-9-16-18-14-7-3-4-8-15(14)19(16)11-12-20-13-5-1-2-6-13/h3-4,7-8,13H,1-2,5-6,9-12H2. The van der Waals surface area contributed by atoms with Crippen LogP contribution in [0.1, 0.15) is 31.5 Å². The van der Waals surface area contributed by atoms with Gasteiger partial charge in [0.05, 0.1) is 23.7 Å². The van der Waals surface area contributed by atoms with Crippen LogP contribution >= 0.6 is 11.6 Å². The number of alkyl halides is 1. The number of rotatable bonds is 6. The summed E-state index contributed by atoms with van der Waals surface area (Å²) in [5, 5.41) is 0. The molecule has 1 saturated carbocycles. The van der Waals surface area contributed by atoms with E-state index in [0.29, 0.717) is 12.0 Å². The predicted molar refractivity (Wildman–Crippen MR) is 82.4 cm³/mol. The van der Waals surface area contributed by atoms with Gasteiger partial charge in [0, 0.05) is 18.8 Å². The lowest BCUT2D eigenvalue weighted by atomic mass is 10.3. The molecule has 0 saturated heterocycles. The van der Waals surface area contributed by atoms with E-state index in [1.165, 1.54) is 31.2 Å². The Morgan fingerprint density at radius 1 is 1.25 bits per heavy atom. The fraction of sp³-hybridized carbons (Fsp3) is 0.562. The van der Waals surface area contributed by atoms with E-state index < -0.39 is 0 Å². The maximum Gasteiger partial charge on any atom is 0.111 e. The molecule has 1 fully saturated rings. The third-order valence-corrected chi connectivity index (χ3v) is 4.21. The average molecular weight is 293 g/mol. The molecule has 0 amide bonds. The predicted octanol–water partition coefficient (Wildman–Crippen LogP) is 3.78. The molecule has 3 rings (SSSR count). The SMILES string of the molecule is ClCCc1nc2ccccc2n1CCOC1CCCC1. The number of halogens is 1. The van der Waals surface area contributed by atoms with Crippen LogP contribution in [0.25, 0.3) is 11.0 Å². The lowest BCUT2D eigenvalue weighted by Crippen LogP contribution is -2.15. The van der Waals surface area contributed by atoms with Gasteiger partial charge in [-0.3, -0.25) is 0 Å². The summed E-state index contributed by atoms with van der Waals surface area (Å²) in [5.74, 6) is 1.67. The Hall–Kier alpha value is -1.06. The Labute approximate surface area is 124 Å². The van der Waals surface area contributed by atoms with E-state index in [0.717, 1.165) is 30.9 Å². The van der Waals surface area contributed by atoms with Crippen molar-refractivity contribution in [3.8, 4) is 0 Å². The zero-order valence-electron chi connectivity index (χ0n) is 11.7. The first-order valence-electron chi connectivity index (χ1n) is 7.50. The lowest BCUT2D eigenvalue weighted by molar-refractivity contribution is 0.0531. The Balaban J connectivity index is 1.72. The highest BCUT2D eigenvalue weighted by molar-refractivity contribution is 6.17. The summed E-state index contributed by atoms with van der Waals surface area (Å²) in [6.45, 7) is 1.63. The van der Waals surface area contributed by atoms with Gasteiger partial charge in [0.25, 0.3) is 0 Å². The second-order valence-corrected chi connectivity index (χ2v) is 5.76. The van der Waals surface area contributed by atoms with E-state index in [1.807, 2.05) is 6.07 Å². The number of hydrogen-bond acceptors (Lipinski definition) is 2. The third-order valence-electron chi connectivity index (χ3n) is 4.02. The Morgan fingerprint density at radius 3 is 2.85 bits per heavy atom. The van der Waals surface area contributed by atoms with Crippen molar-refractivity contribution in [3.63, 3.8) is 0 Å². The van der Waals surface area contributed by atoms with Gasteiger partial charge in [-0.2, -0.15) is 0 Å². The second-order valence-electron chi connectivity index (χ2n) is 5.38. The number of ether oxygens (including phenoxy) is 1. The lowest BCUT2D eigenvalue weighted by Gasteiger charge is -2.13. The van der Waals surface area contributed by atoms with Gasteiger partial charge < -0.3 is 9.30 Å². The molecule has 0 spiro atoms. The number of aromatic nitrogens is 2. The Kier molecular flexibility index (Phi) is 4.58. The van der Waals surface area contributed by atoms with Crippen molar-refractivity contribution in [1.82, 2.24) is 9.55 Å². The summed E-state index contributed by atoms with van der Waals surface area (Å²) in [7, 11) is 0. The molecule has 2 aromatic rings.